The average Bonchev–Trinajstić information content (AvgIpc) is 3.32. The van der Waals surface area contributed by atoms with Crippen LogP contribution in [0.15, 0.2) is 59.8 Å². The number of fused-ring (bicyclic) bond motifs is 5. The van der Waals surface area contributed by atoms with Gasteiger partial charge in [0.1, 0.15) is 6.33 Å². The maximum absolute atomic E-state index is 4.84. The summed E-state index contributed by atoms with van der Waals surface area (Å²) >= 11 is 3.92. The van der Waals surface area contributed by atoms with Gasteiger partial charge in [0.15, 0.2) is 0 Å². The van der Waals surface area contributed by atoms with E-state index in [0.717, 1.165) is 17.1 Å². The minimum atomic E-state index is 0.0443. The monoisotopic (exact) mass is 496 g/mol. The molecular formula is C31H32N2S2. The molecule has 4 heteroatoms. The fourth-order valence-electron chi connectivity index (χ4n) is 5.53. The van der Waals surface area contributed by atoms with Gasteiger partial charge in [-0.3, -0.25) is 0 Å². The molecule has 2 unspecified atom stereocenters. The fourth-order valence-corrected chi connectivity index (χ4v) is 8.45. The zero-order valence-electron chi connectivity index (χ0n) is 21.3. The van der Waals surface area contributed by atoms with Crippen molar-refractivity contribution in [1.29, 1.82) is 0 Å². The van der Waals surface area contributed by atoms with Crippen molar-refractivity contribution < 1.29 is 0 Å². The van der Waals surface area contributed by atoms with Gasteiger partial charge in [-0.1, -0.05) is 65.8 Å². The van der Waals surface area contributed by atoms with Gasteiger partial charge < -0.3 is 0 Å². The summed E-state index contributed by atoms with van der Waals surface area (Å²) in [6, 6.07) is 18.2. The van der Waals surface area contributed by atoms with Crippen LogP contribution in [0.4, 0.5) is 0 Å². The molecule has 1 aliphatic rings. The van der Waals surface area contributed by atoms with E-state index >= 15 is 0 Å². The van der Waals surface area contributed by atoms with Crippen molar-refractivity contribution in [2.24, 2.45) is 5.92 Å². The van der Waals surface area contributed by atoms with Crippen molar-refractivity contribution in [2.45, 2.75) is 69.4 Å². The number of hydrogen-bond donors (Lipinski definition) is 0. The van der Waals surface area contributed by atoms with Crippen LogP contribution in [-0.2, 0) is 5.41 Å². The summed E-state index contributed by atoms with van der Waals surface area (Å²) in [5, 5.41) is 4.53. The van der Waals surface area contributed by atoms with Gasteiger partial charge in [0.25, 0.3) is 0 Å². The first kappa shape index (κ1) is 23.0. The highest BCUT2D eigenvalue weighted by molar-refractivity contribution is 8.00. The SMILES string of the molecule is CC(C)CC1Sc2cc3c(cc2C1C)sc1c(-c2cc(C(C)(C)C)c4ccccc4c2)ncnc13. The maximum Gasteiger partial charge on any atom is 0.116 e. The van der Waals surface area contributed by atoms with Crippen molar-refractivity contribution in [1.82, 2.24) is 9.97 Å². The summed E-state index contributed by atoms with van der Waals surface area (Å²) < 4.78 is 2.52. The average molecular weight is 497 g/mol. The lowest BCUT2D eigenvalue weighted by Crippen LogP contribution is -2.12. The van der Waals surface area contributed by atoms with Gasteiger partial charge in [-0.2, -0.15) is 0 Å². The first-order valence-electron chi connectivity index (χ1n) is 12.6. The first-order chi connectivity index (χ1) is 16.7. The second-order valence-electron chi connectivity index (χ2n) is 11.5. The van der Waals surface area contributed by atoms with Crippen molar-refractivity contribution >= 4 is 54.2 Å². The molecule has 0 spiro atoms. The zero-order valence-corrected chi connectivity index (χ0v) is 23.0. The molecule has 3 heterocycles. The van der Waals surface area contributed by atoms with Gasteiger partial charge in [-0.25, -0.2) is 9.97 Å². The second kappa shape index (κ2) is 8.31. The van der Waals surface area contributed by atoms with Crippen LogP contribution < -0.4 is 0 Å². The summed E-state index contributed by atoms with van der Waals surface area (Å²) in [7, 11) is 0. The third-order valence-electron chi connectivity index (χ3n) is 7.36. The smallest absolute Gasteiger partial charge is 0.116 e. The van der Waals surface area contributed by atoms with Gasteiger partial charge in [0, 0.05) is 25.8 Å². The summed E-state index contributed by atoms with van der Waals surface area (Å²) in [5.41, 5.74) is 6.23. The van der Waals surface area contributed by atoms with Gasteiger partial charge >= 0.3 is 0 Å². The number of thioether (sulfide) groups is 1. The number of rotatable bonds is 3. The first-order valence-corrected chi connectivity index (χ1v) is 14.3. The number of nitrogens with zero attached hydrogens (tertiary/aromatic N) is 2. The standard InChI is InChI=1S/C31H32N2S2/c1-17(2)11-25-18(3)22-14-27-23(15-26(22)34-25)29-30(35-27)28(32-16-33-29)20-12-19-9-7-8-10-21(19)24(13-20)31(4,5)6/h7-10,12-18,25H,11H2,1-6H3. The fraction of sp³-hybridized carbons (Fsp3) is 0.355. The molecule has 0 aliphatic carbocycles. The Morgan fingerprint density at radius 3 is 2.54 bits per heavy atom. The highest BCUT2D eigenvalue weighted by Gasteiger charge is 2.31. The molecule has 3 aromatic carbocycles. The summed E-state index contributed by atoms with van der Waals surface area (Å²) in [4.78, 5) is 11.1. The quantitative estimate of drug-likeness (QED) is 0.249. The van der Waals surface area contributed by atoms with Crippen LogP contribution in [0.3, 0.4) is 0 Å². The minimum absolute atomic E-state index is 0.0443. The number of thiophene rings is 1. The normalized spacial score (nSPS) is 18.3. The molecule has 5 aromatic rings. The lowest BCUT2D eigenvalue weighted by molar-refractivity contribution is 0.535. The summed E-state index contributed by atoms with van der Waals surface area (Å²) in [6.07, 6.45) is 3.01. The molecule has 0 radical (unpaired) electrons. The van der Waals surface area contributed by atoms with E-state index in [1.165, 1.54) is 53.6 Å². The van der Waals surface area contributed by atoms with E-state index in [0.29, 0.717) is 11.2 Å². The van der Waals surface area contributed by atoms with Crippen LogP contribution in [0.2, 0.25) is 0 Å². The molecular weight excluding hydrogens is 464 g/mol. The molecule has 2 nitrogen and oxygen atoms in total. The molecule has 6 rings (SSSR count). The van der Waals surface area contributed by atoms with Crippen LogP contribution in [0, 0.1) is 5.92 Å². The van der Waals surface area contributed by atoms with E-state index in [1.807, 2.05) is 11.3 Å². The number of benzene rings is 3. The molecule has 178 valence electrons. The van der Waals surface area contributed by atoms with Crippen molar-refractivity contribution in [3.05, 3.63) is 66.0 Å². The molecule has 2 aromatic heterocycles. The molecule has 0 amide bonds. The number of hydrogen-bond acceptors (Lipinski definition) is 4. The minimum Gasteiger partial charge on any atom is -0.235 e. The predicted octanol–water partition coefficient (Wildman–Crippen LogP) is 9.59. The Hall–Kier alpha value is -2.43. The molecule has 0 saturated carbocycles. The van der Waals surface area contributed by atoms with Crippen LogP contribution in [0.5, 0.6) is 0 Å². The topological polar surface area (TPSA) is 25.8 Å². The Morgan fingerprint density at radius 1 is 0.971 bits per heavy atom. The second-order valence-corrected chi connectivity index (χ2v) is 13.8. The Kier molecular flexibility index (Phi) is 5.46. The zero-order chi connectivity index (χ0) is 24.5. The molecule has 1 aliphatic heterocycles. The van der Waals surface area contributed by atoms with E-state index in [-0.39, 0.29) is 5.41 Å². The Bertz CT molecular complexity index is 1590. The highest BCUT2D eigenvalue weighted by atomic mass is 32.2. The van der Waals surface area contributed by atoms with Crippen molar-refractivity contribution in [2.75, 3.05) is 0 Å². The van der Waals surface area contributed by atoms with Gasteiger partial charge in [0.2, 0.25) is 0 Å². The molecule has 35 heavy (non-hydrogen) atoms. The van der Waals surface area contributed by atoms with Crippen molar-refractivity contribution in [3.63, 3.8) is 0 Å². The van der Waals surface area contributed by atoms with Gasteiger partial charge in [-0.15, -0.1) is 23.1 Å². The predicted molar refractivity (Wildman–Crippen MR) is 154 cm³/mol. The van der Waals surface area contributed by atoms with Crippen LogP contribution >= 0.6 is 23.1 Å². The molecule has 0 saturated heterocycles. The van der Waals surface area contributed by atoms with Gasteiger partial charge in [-0.05, 0) is 69.8 Å². The van der Waals surface area contributed by atoms with E-state index in [9.17, 15) is 0 Å². The Labute approximate surface area is 216 Å². The maximum atomic E-state index is 4.84. The lowest BCUT2D eigenvalue weighted by Gasteiger charge is -2.22. The van der Waals surface area contributed by atoms with Gasteiger partial charge in [0.05, 0.1) is 15.9 Å². The van der Waals surface area contributed by atoms with Crippen LogP contribution in [0.25, 0.3) is 42.3 Å². The van der Waals surface area contributed by atoms with E-state index in [2.05, 4.69) is 102 Å². The largest absolute Gasteiger partial charge is 0.235 e. The van der Waals surface area contributed by atoms with E-state index in [4.69, 9.17) is 9.97 Å². The molecule has 0 fully saturated rings. The van der Waals surface area contributed by atoms with E-state index < -0.39 is 0 Å². The Morgan fingerprint density at radius 2 is 1.77 bits per heavy atom. The summed E-state index contributed by atoms with van der Waals surface area (Å²) in [5.74, 6) is 1.31. The number of aromatic nitrogens is 2. The third kappa shape index (κ3) is 3.86. The third-order valence-corrected chi connectivity index (χ3v) is 10.0. The highest BCUT2D eigenvalue weighted by Crippen LogP contribution is 2.51. The van der Waals surface area contributed by atoms with Crippen LogP contribution in [-0.4, -0.2) is 15.2 Å². The van der Waals surface area contributed by atoms with E-state index in [1.54, 1.807) is 6.33 Å². The molecule has 0 bridgehead atoms. The lowest BCUT2D eigenvalue weighted by atomic mass is 9.82. The molecule has 2 atom stereocenters. The Balaban J connectivity index is 1.54. The molecule has 0 N–H and O–H groups in total. The van der Waals surface area contributed by atoms with Crippen LogP contribution in [0.1, 0.15) is 65.0 Å². The van der Waals surface area contributed by atoms with Crippen molar-refractivity contribution in [3.8, 4) is 11.3 Å². The summed E-state index contributed by atoms with van der Waals surface area (Å²) in [6.45, 7) is 13.9.